The number of hydrogen-bond donors (Lipinski definition) is 0. The van der Waals surface area contributed by atoms with Crippen molar-refractivity contribution >= 4 is 0 Å². The number of nitrogens with zero attached hydrogens (tertiary/aromatic N) is 1. The fourth-order valence-corrected chi connectivity index (χ4v) is 1.28. The van der Waals surface area contributed by atoms with Crippen LogP contribution in [0.1, 0.15) is 5.56 Å². The third-order valence-electron chi connectivity index (χ3n) is 1.87. The van der Waals surface area contributed by atoms with E-state index in [0.29, 0.717) is 19.8 Å². The third-order valence-corrected chi connectivity index (χ3v) is 1.87. The third kappa shape index (κ3) is 1.57. The van der Waals surface area contributed by atoms with E-state index >= 15 is 0 Å². The van der Waals surface area contributed by atoms with E-state index < -0.39 is 0 Å². The minimum Gasteiger partial charge on any atom is -0.486 e. The van der Waals surface area contributed by atoms with Gasteiger partial charge in [0.25, 0.3) is 0 Å². The Bertz CT molecular complexity index is 354. The van der Waals surface area contributed by atoms with Crippen LogP contribution in [0.25, 0.3) is 4.85 Å². The van der Waals surface area contributed by atoms with Gasteiger partial charge in [-0.3, -0.25) is 0 Å². The molecular formula is C10H9NO2. The van der Waals surface area contributed by atoms with Gasteiger partial charge in [0.2, 0.25) is 6.54 Å². The van der Waals surface area contributed by atoms with E-state index in [1.807, 2.05) is 18.2 Å². The van der Waals surface area contributed by atoms with Crippen LogP contribution in [0.15, 0.2) is 18.2 Å². The summed E-state index contributed by atoms with van der Waals surface area (Å²) in [7, 11) is 0. The highest BCUT2D eigenvalue weighted by atomic mass is 16.6. The highest BCUT2D eigenvalue weighted by Gasteiger charge is 2.11. The summed E-state index contributed by atoms with van der Waals surface area (Å²) in [6.07, 6.45) is 0. The van der Waals surface area contributed by atoms with Gasteiger partial charge in [0.15, 0.2) is 11.5 Å². The van der Waals surface area contributed by atoms with Crippen LogP contribution in [0, 0.1) is 6.57 Å². The van der Waals surface area contributed by atoms with Crippen molar-refractivity contribution in [2.45, 2.75) is 6.54 Å². The van der Waals surface area contributed by atoms with Crippen LogP contribution in [0.4, 0.5) is 0 Å². The van der Waals surface area contributed by atoms with E-state index in [4.69, 9.17) is 16.0 Å². The average molecular weight is 175 g/mol. The Hall–Kier alpha value is -1.69. The standard InChI is InChI=1S/C10H9NO2/c1-11-7-8-2-3-9-10(6-8)13-5-4-12-9/h2-3,6H,4-5,7H2. The zero-order chi connectivity index (χ0) is 9.10. The van der Waals surface area contributed by atoms with Crippen molar-refractivity contribution in [3.63, 3.8) is 0 Å². The molecular weight excluding hydrogens is 166 g/mol. The lowest BCUT2D eigenvalue weighted by Crippen LogP contribution is -2.15. The van der Waals surface area contributed by atoms with Gasteiger partial charge in [-0.15, -0.1) is 0 Å². The summed E-state index contributed by atoms with van der Waals surface area (Å²) in [6.45, 7) is 8.33. The van der Waals surface area contributed by atoms with Crippen molar-refractivity contribution in [3.8, 4) is 11.5 Å². The first kappa shape index (κ1) is 7.93. The summed E-state index contributed by atoms with van der Waals surface area (Å²) in [5.74, 6) is 1.53. The molecule has 1 aromatic rings. The highest BCUT2D eigenvalue weighted by Crippen LogP contribution is 2.30. The van der Waals surface area contributed by atoms with E-state index in [9.17, 15) is 0 Å². The van der Waals surface area contributed by atoms with Crippen LogP contribution >= 0.6 is 0 Å². The van der Waals surface area contributed by atoms with E-state index in [0.717, 1.165) is 17.1 Å². The summed E-state index contributed by atoms with van der Waals surface area (Å²) >= 11 is 0. The molecule has 0 saturated heterocycles. The molecule has 13 heavy (non-hydrogen) atoms. The summed E-state index contributed by atoms with van der Waals surface area (Å²) in [4.78, 5) is 3.31. The number of ether oxygens (including phenoxy) is 2. The van der Waals surface area contributed by atoms with E-state index in [1.54, 1.807) is 0 Å². The molecule has 0 atom stereocenters. The largest absolute Gasteiger partial charge is 0.486 e. The fraction of sp³-hybridized carbons (Fsp3) is 0.300. The molecule has 3 heteroatoms. The number of hydrogen-bond acceptors (Lipinski definition) is 2. The van der Waals surface area contributed by atoms with E-state index in [2.05, 4.69) is 4.85 Å². The van der Waals surface area contributed by atoms with Gasteiger partial charge >= 0.3 is 0 Å². The van der Waals surface area contributed by atoms with Crippen molar-refractivity contribution in [1.82, 2.24) is 0 Å². The predicted molar refractivity (Wildman–Crippen MR) is 47.7 cm³/mol. The van der Waals surface area contributed by atoms with Crippen LogP contribution in [-0.4, -0.2) is 13.2 Å². The Morgan fingerprint density at radius 2 is 2.00 bits per heavy atom. The summed E-state index contributed by atoms with van der Waals surface area (Å²) in [6, 6.07) is 5.62. The second-order valence-corrected chi connectivity index (χ2v) is 2.79. The Labute approximate surface area is 76.7 Å². The Balaban J connectivity index is 2.31. The summed E-state index contributed by atoms with van der Waals surface area (Å²) < 4.78 is 10.7. The molecule has 0 N–H and O–H groups in total. The molecule has 3 nitrogen and oxygen atoms in total. The minimum absolute atomic E-state index is 0.399. The van der Waals surface area contributed by atoms with Gasteiger partial charge in [-0.1, -0.05) is 0 Å². The molecule has 0 bridgehead atoms. The average Bonchev–Trinajstić information content (AvgIpc) is 2.18. The summed E-state index contributed by atoms with van der Waals surface area (Å²) in [5, 5.41) is 0. The van der Waals surface area contributed by atoms with Crippen molar-refractivity contribution < 1.29 is 9.47 Å². The predicted octanol–water partition coefficient (Wildman–Crippen LogP) is 1.88. The zero-order valence-corrected chi connectivity index (χ0v) is 7.12. The number of fused-ring (bicyclic) bond motifs is 1. The van der Waals surface area contributed by atoms with E-state index in [-0.39, 0.29) is 0 Å². The second-order valence-electron chi connectivity index (χ2n) is 2.79. The van der Waals surface area contributed by atoms with Gasteiger partial charge in [-0.05, 0) is 18.2 Å². The first-order valence-corrected chi connectivity index (χ1v) is 4.12. The van der Waals surface area contributed by atoms with Crippen LogP contribution in [0.5, 0.6) is 11.5 Å². The highest BCUT2D eigenvalue weighted by molar-refractivity contribution is 5.44. The van der Waals surface area contributed by atoms with Crippen molar-refractivity contribution in [3.05, 3.63) is 35.2 Å². The maximum atomic E-state index is 6.73. The van der Waals surface area contributed by atoms with Gasteiger partial charge < -0.3 is 14.3 Å². The molecule has 0 unspecified atom stereocenters. The SMILES string of the molecule is [C-]#[N+]Cc1ccc2c(c1)OCCO2. The molecule has 0 saturated carbocycles. The maximum Gasteiger partial charge on any atom is 0.239 e. The topological polar surface area (TPSA) is 22.8 Å². The maximum absolute atomic E-state index is 6.73. The van der Waals surface area contributed by atoms with Gasteiger partial charge in [0.05, 0.1) is 0 Å². The molecule has 0 aromatic heterocycles. The Morgan fingerprint density at radius 1 is 1.23 bits per heavy atom. The molecule has 0 aliphatic carbocycles. The monoisotopic (exact) mass is 175 g/mol. The zero-order valence-electron chi connectivity index (χ0n) is 7.12. The molecule has 1 aliphatic rings. The molecule has 0 spiro atoms. The second kappa shape index (κ2) is 3.36. The van der Waals surface area contributed by atoms with Gasteiger partial charge in [-0.2, -0.15) is 0 Å². The molecule has 1 aliphatic heterocycles. The Morgan fingerprint density at radius 3 is 2.77 bits per heavy atom. The smallest absolute Gasteiger partial charge is 0.239 e. The quantitative estimate of drug-likeness (QED) is 0.608. The first-order valence-electron chi connectivity index (χ1n) is 4.12. The lowest BCUT2D eigenvalue weighted by atomic mass is 10.2. The lowest BCUT2D eigenvalue weighted by Gasteiger charge is -2.18. The van der Waals surface area contributed by atoms with Gasteiger partial charge in [-0.25, -0.2) is 6.57 Å². The fourth-order valence-electron chi connectivity index (χ4n) is 1.28. The lowest BCUT2D eigenvalue weighted by molar-refractivity contribution is 0.171. The molecule has 1 heterocycles. The number of benzene rings is 1. The van der Waals surface area contributed by atoms with Crippen LogP contribution < -0.4 is 9.47 Å². The van der Waals surface area contributed by atoms with Gasteiger partial charge in [0, 0.05) is 5.56 Å². The van der Waals surface area contributed by atoms with Crippen molar-refractivity contribution in [2.75, 3.05) is 13.2 Å². The van der Waals surface area contributed by atoms with Crippen LogP contribution in [-0.2, 0) is 6.54 Å². The van der Waals surface area contributed by atoms with Gasteiger partial charge in [0.1, 0.15) is 13.2 Å². The molecule has 1 aromatic carbocycles. The Kier molecular flexibility index (Phi) is 2.05. The molecule has 66 valence electrons. The molecule has 2 rings (SSSR count). The number of rotatable bonds is 1. The van der Waals surface area contributed by atoms with Crippen LogP contribution in [0.2, 0.25) is 0 Å². The van der Waals surface area contributed by atoms with Crippen molar-refractivity contribution in [2.24, 2.45) is 0 Å². The van der Waals surface area contributed by atoms with Crippen molar-refractivity contribution in [1.29, 1.82) is 0 Å². The first-order chi connectivity index (χ1) is 6.40. The normalized spacial score (nSPS) is 13.5. The molecule has 0 radical (unpaired) electrons. The van der Waals surface area contributed by atoms with Crippen LogP contribution in [0.3, 0.4) is 0 Å². The van der Waals surface area contributed by atoms with E-state index in [1.165, 1.54) is 0 Å². The summed E-state index contributed by atoms with van der Waals surface area (Å²) in [5.41, 5.74) is 0.972. The molecule has 0 amide bonds. The minimum atomic E-state index is 0.399. The molecule has 0 fully saturated rings.